The van der Waals surface area contributed by atoms with Crippen LogP contribution >= 0.6 is 0 Å². The summed E-state index contributed by atoms with van der Waals surface area (Å²) >= 11 is 0. The monoisotopic (exact) mass is 397 g/mol. The van der Waals surface area contributed by atoms with Crippen LogP contribution in [0, 0.1) is 11.3 Å². The second-order valence-electron chi connectivity index (χ2n) is 6.61. The Balaban J connectivity index is 1.47. The van der Waals surface area contributed by atoms with Gasteiger partial charge in [0, 0.05) is 18.4 Å². The number of anilines is 1. The first-order valence-electron chi connectivity index (χ1n) is 9.76. The standard InChI is InChI=1S/C25H23N3O2/c26-18-21(19-27-17-7-10-20-8-3-1-4-9-20)25(29)28-22-13-15-24(16-14-22)30-23-11-5-2-6-12-23/h1-6,8-9,11-16,19,27H,7,10,17H2,(H,28,29)/b21-19-. The van der Waals surface area contributed by atoms with Gasteiger partial charge in [-0.2, -0.15) is 5.26 Å². The average molecular weight is 397 g/mol. The van der Waals surface area contributed by atoms with E-state index in [2.05, 4.69) is 22.8 Å². The van der Waals surface area contributed by atoms with Crippen LogP contribution in [-0.4, -0.2) is 12.5 Å². The summed E-state index contributed by atoms with van der Waals surface area (Å²) in [6.45, 7) is 0.679. The van der Waals surface area contributed by atoms with E-state index < -0.39 is 5.91 Å². The van der Waals surface area contributed by atoms with E-state index in [1.54, 1.807) is 24.3 Å². The van der Waals surface area contributed by atoms with Crippen LogP contribution in [0.25, 0.3) is 0 Å². The number of aryl methyl sites for hydroxylation is 1. The van der Waals surface area contributed by atoms with Crippen LogP contribution in [-0.2, 0) is 11.2 Å². The van der Waals surface area contributed by atoms with E-state index in [0.717, 1.165) is 18.6 Å². The van der Waals surface area contributed by atoms with Crippen LogP contribution in [0.5, 0.6) is 11.5 Å². The lowest BCUT2D eigenvalue weighted by atomic mass is 10.1. The minimum atomic E-state index is -0.454. The van der Waals surface area contributed by atoms with Gasteiger partial charge in [-0.3, -0.25) is 4.79 Å². The van der Waals surface area contributed by atoms with Crippen LogP contribution < -0.4 is 15.4 Å². The highest BCUT2D eigenvalue weighted by Crippen LogP contribution is 2.22. The number of hydrogen-bond acceptors (Lipinski definition) is 4. The number of nitriles is 1. The SMILES string of the molecule is N#C/C(=C/NCCCc1ccccc1)C(=O)Nc1ccc(Oc2ccccc2)cc1. The molecule has 1 amide bonds. The van der Waals surface area contributed by atoms with Crippen molar-refractivity contribution < 1.29 is 9.53 Å². The van der Waals surface area contributed by atoms with Crippen LogP contribution in [0.15, 0.2) is 96.7 Å². The molecule has 0 aromatic heterocycles. The minimum absolute atomic E-state index is 0.0272. The summed E-state index contributed by atoms with van der Waals surface area (Å²) in [6.07, 6.45) is 3.31. The highest BCUT2D eigenvalue weighted by molar-refractivity contribution is 6.06. The van der Waals surface area contributed by atoms with Gasteiger partial charge in [-0.05, 0) is 54.8 Å². The largest absolute Gasteiger partial charge is 0.457 e. The topological polar surface area (TPSA) is 74.2 Å². The molecule has 0 aliphatic carbocycles. The Morgan fingerprint density at radius 2 is 1.53 bits per heavy atom. The zero-order chi connectivity index (χ0) is 21.0. The van der Waals surface area contributed by atoms with Crippen LogP contribution in [0.3, 0.4) is 0 Å². The Labute approximate surface area is 176 Å². The van der Waals surface area contributed by atoms with Gasteiger partial charge in [0.2, 0.25) is 0 Å². The number of hydrogen-bond donors (Lipinski definition) is 2. The third kappa shape index (κ3) is 6.54. The predicted octanol–water partition coefficient (Wildman–Crippen LogP) is 5.05. The maximum atomic E-state index is 12.3. The smallest absolute Gasteiger partial charge is 0.267 e. The molecule has 0 atom stereocenters. The summed E-state index contributed by atoms with van der Waals surface area (Å²) in [4.78, 5) is 12.3. The van der Waals surface area contributed by atoms with Crippen LogP contribution in [0.2, 0.25) is 0 Å². The average Bonchev–Trinajstić information content (AvgIpc) is 2.79. The second-order valence-corrected chi connectivity index (χ2v) is 6.61. The van der Waals surface area contributed by atoms with Crippen molar-refractivity contribution in [2.24, 2.45) is 0 Å². The Morgan fingerprint density at radius 1 is 0.900 bits per heavy atom. The normalized spacial score (nSPS) is 10.7. The Kier molecular flexibility index (Phi) is 7.64. The van der Waals surface area contributed by atoms with Gasteiger partial charge in [0.05, 0.1) is 0 Å². The summed E-state index contributed by atoms with van der Waals surface area (Å²) in [7, 11) is 0. The maximum absolute atomic E-state index is 12.3. The van der Waals surface area contributed by atoms with Gasteiger partial charge in [0.1, 0.15) is 23.1 Å². The number of carbonyl (C=O) groups excluding carboxylic acids is 1. The Hall–Kier alpha value is -4.04. The molecule has 0 unspecified atom stereocenters. The van der Waals surface area contributed by atoms with Crippen molar-refractivity contribution in [2.45, 2.75) is 12.8 Å². The molecule has 3 aromatic rings. The Morgan fingerprint density at radius 3 is 2.20 bits per heavy atom. The van der Waals surface area contributed by atoms with E-state index >= 15 is 0 Å². The molecule has 30 heavy (non-hydrogen) atoms. The molecule has 0 aliphatic heterocycles. The summed E-state index contributed by atoms with van der Waals surface area (Å²) in [6, 6.07) is 28.6. The number of carbonyl (C=O) groups is 1. The van der Waals surface area contributed by atoms with E-state index in [-0.39, 0.29) is 5.57 Å². The first-order valence-corrected chi connectivity index (χ1v) is 9.76. The summed E-state index contributed by atoms with van der Waals surface area (Å²) in [5, 5.41) is 15.0. The number of nitrogens with one attached hydrogen (secondary N) is 2. The Bertz CT molecular complexity index is 1010. The van der Waals surface area contributed by atoms with Crippen molar-refractivity contribution in [1.82, 2.24) is 5.32 Å². The van der Waals surface area contributed by atoms with Gasteiger partial charge in [-0.1, -0.05) is 48.5 Å². The third-order valence-electron chi connectivity index (χ3n) is 4.33. The molecule has 0 aliphatic rings. The molecular weight excluding hydrogens is 374 g/mol. The van der Waals surface area contributed by atoms with Crippen LogP contribution in [0.4, 0.5) is 5.69 Å². The quantitative estimate of drug-likeness (QED) is 0.301. The van der Waals surface area contributed by atoms with E-state index in [4.69, 9.17) is 4.74 Å². The lowest BCUT2D eigenvalue weighted by molar-refractivity contribution is -0.112. The number of rotatable bonds is 9. The predicted molar refractivity (Wildman–Crippen MR) is 118 cm³/mol. The van der Waals surface area contributed by atoms with Gasteiger partial charge < -0.3 is 15.4 Å². The molecule has 150 valence electrons. The molecular formula is C25H23N3O2. The second kappa shape index (κ2) is 11.1. The molecule has 0 saturated carbocycles. The first kappa shape index (κ1) is 20.7. The summed E-state index contributed by atoms with van der Waals surface area (Å²) in [5.74, 6) is 0.947. The number of ether oxygens (including phenoxy) is 1. The van der Waals surface area contributed by atoms with Crippen molar-refractivity contribution in [1.29, 1.82) is 5.26 Å². The van der Waals surface area contributed by atoms with E-state index in [1.165, 1.54) is 11.8 Å². The van der Waals surface area contributed by atoms with E-state index in [9.17, 15) is 10.1 Å². The van der Waals surface area contributed by atoms with Crippen molar-refractivity contribution in [3.8, 4) is 17.6 Å². The molecule has 5 heteroatoms. The van der Waals surface area contributed by atoms with Gasteiger partial charge in [0.25, 0.3) is 5.91 Å². The van der Waals surface area contributed by atoms with Crippen LogP contribution in [0.1, 0.15) is 12.0 Å². The van der Waals surface area contributed by atoms with Gasteiger partial charge in [-0.15, -0.1) is 0 Å². The number of amides is 1. The van der Waals surface area contributed by atoms with Gasteiger partial charge in [-0.25, -0.2) is 0 Å². The molecule has 0 spiro atoms. The molecule has 0 bridgehead atoms. The number of nitrogens with zero attached hydrogens (tertiary/aromatic N) is 1. The molecule has 3 rings (SSSR count). The first-order chi connectivity index (χ1) is 14.7. The minimum Gasteiger partial charge on any atom is -0.457 e. The highest BCUT2D eigenvalue weighted by Gasteiger charge is 2.09. The maximum Gasteiger partial charge on any atom is 0.267 e. The number of para-hydroxylation sites is 1. The highest BCUT2D eigenvalue weighted by atomic mass is 16.5. The molecule has 3 aromatic carbocycles. The fraction of sp³-hybridized carbons (Fsp3) is 0.120. The molecule has 5 nitrogen and oxygen atoms in total. The molecule has 2 N–H and O–H groups in total. The van der Waals surface area contributed by atoms with Crippen molar-refractivity contribution in [3.63, 3.8) is 0 Å². The lowest BCUT2D eigenvalue weighted by Gasteiger charge is -2.08. The summed E-state index contributed by atoms with van der Waals surface area (Å²) in [5.41, 5.74) is 1.88. The van der Waals surface area contributed by atoms with Crippen molar-refractivity contribution >= 4 is 11.6 Å². The van der Waals surface area contributed by atoms with Crippen molar-refractivity contribution in [2.75, 3.05) is 11.9 Å². The number of benzene rings is 3. The zero-order valence-electron chi connectivity index (χ0n) is 16.5. The van der Waals surface area contributed by atoms with Crippen molar-refractivity contribution in [3.05, 3.63) is 102 Å². The zero-order valence-corrected chi connectivity index (χ0v) is 16.5. The third-order valence-corrected chi connectivity index (χ3v) is 4.33. The molecule has 0 saturated heterocycles. The van der Waals surface area contributed by atoms with Gasteiger partial charge >= 0.3 is 0 Å². The van der Waals surface area contributed by atoms with E-state index in [0.29, 0.717) is 18.0 Å². The molecule has 0 heterocycles. The fourth-order valence-electron chi connectivity index (χ4n) is 2.79. The molecule has 0 fully saturated rings. The lowest BCUT2D eigenvalue weighted by Crippen LogP contribution is -2.17. The summed E-state index contributed by atoms with van der Waals surface area (Å²) < 4.78 is 5.73. The van der Waals surface area contributed by atoms with E-state index in [1.807, 2.05) is 54.6 Å². The molecule has 0 radical (unpaired) electrons. The van der Waals surface area contributed by atoms with Gasteiger partial charge in [0.15, 0.2) is 0 Å². The fourth-order valence-corrected chi connectivity index (χ4v) is 2.79.